The third-order valence-corrected chi connectivity index (χ3v) is 10.6. The standard InChI is InChI=1S/C32H49N/c1-24-16-19-31(20-17-24,21-28-14-15-29(28)25(2)12-13-26-7-4-8-26)22-32(23-33-3)18-6-10-27-9-5-11-30(27)32/h5,9,12-13,16,25-26,28-29,33H,4,6-8,10-11,14-15,17-23H2,1-3H3/b13-12+. The average molecular weight is 448 g/mol. The first kappa shape index (κ1) is 23.7. The topological polar surface area (TPSA) is 12.0 Å². The summed E-state index contributed by atoms with van der Waals surface area (Å²) in [5.74, 6) is 3.55. The minimum Gasteiger partial charge on any atom is -0.319 e. The molecule has 1 heteroatoms. The zero-order valence-corrected chi connectivity index (χ0v) is 21.8. The molecule has 2 saturated carbocycles. The summed E-state index contributed by atoms with van der Waals surface area (Å²) in [5, 5.41) is 3.67. The van der Waals surface area contributed by atoms with Crippen LogP contribution in [0.5, 0.6) is 0 Å². The van der Waals surface area contributed by atoms with Crippen LogP contribution in [-0.4, -0.2) is 13.6 Å². The average Bonchev–Trinajstić information content (AvgIpc) is 3.23. The van der Waals surface area contributed by atoms with Crippen molar-refractivity contribution in [3.8, 4) is 0 Å². The van der Waals surface area contributed by atoms with Gasteiger partial charge in [0.25, 0.3) is 0 Å². The monoisotopic (exact) mass is 447 g/mol. The van der Waals surface area contributed by atoms with Crippen molar-refractivity contribution in [2.24, 2.45) is 34.5 Å². The first-order valence-electron chi connectivity index (χ1n) is 14.4. The molecule has 2 fully saturated rings. The lowest BCUT2D eigenvalue weighted by atomic mass is 9.53. The van der Waals surface area contributed by atoms with Crippen LogP contribution in [0.1, 0.15) is 104 Å². The predicted molar refractivity (Wildman–Crippen MR) is 142 cm³/mol. The predicted octanol–water partition coefficient (Wildman–Crippen LogP) is 8.55. The first-order chi connectivity index (χ1) is 16.0. The Labute approximate surface area is 204 Å². The van der Waals surface area contributed by atoms with E-state index in [1.54, 1.807) is 11.1 Å². The maximum Gasteiger partial charge on any atom is 0.00510 e. The smallest absolute Gasteiger partial charge is 0.00510 e. The summed E-state index contributed by atoms with van der Waals surface area (Å²) in [7, 11) is 2.19. The fraction of sp³-hybridized carbons (Fsp3) is 0.750. The summed E-state index contributed by atoms with van der Waals surface area (Å²) >= 11 is 0. The van der Waals surface area contributed by atoms with E-state index in [0.29, 0.717) is 10.8 Å². The van der Waals surface area contributed by atoms with Crippen LogP contribution < -0.4 is 5.32 Å². The Morgan fingerprint density at radius 3 is 2.67 bits per heavy atom. The molecule has 0 aromatic carbocycles. The second kappa shape index (κ2) is 9.88. The molecule has 5 rings (SSSR count). The van der Waals surface area contributed by atoms with Crippen molar-refractivity contribution >= 4 is 0 Å². The highest BCUT2D eigenvalue weighted by molar-refractivity contribution is 5.40. The molecule has 1 nitrogen and oxygen atoms in total. The number of hydrogen-bond acceptors (Lipinski definition) is 1. The molecular weight excluding hydrogens is 398 g/mol. The maximum absolute atomic E-state index is 3.67. The van der Waals surface area contributed by atoms with E-state index in [-0.39, 0.29) is 0 Å². The maximum atomic E-state index is 3.67. The van der Waals surface area contributed by atoms with Crippen molar-refractivity contribution in [1.82, 2.24) is 5.32 Å². The molecule has 0 aliphatic heterocycles. The summed E-state index contributed by atoms with van der Waals surface area (Å²) in [5.41, 5.74) is 6.05. The third-order valence-electron chi connectivity index (χ3n) is 10.6. The van der Waals surface area contributed by atoms with Crippen LogP contribution in [0.4, 0.5) is 0 Å². The van der Waals surface area contributed by atoms with E-state index in [1.807, 2.05) is 5.57 Å². The van der Waals surface area contributed by atoms with Crippen molar-refractivity contribution in [2.75, 3.05) is 13.6 Å². The molecule has 182 valence electrons. The van der Waals surface area contributed by atoms with Crippen LogP contribution in [-0.2, 0) is 0 Å². The van der Waals surface area contributed by atoms with Gasteiger partial charge in [-0.05, 0) is 132 Å². The lowest BCUT2D eigenvalue weighted by Crippen LogP contribution is -2.44. The largest absolute Gasteiger partial charge is 0.319 e. The Kier molecular flexibility index (Phi) is 7.08. The van der Waals surface area contributed by atoms with Crippen LogP contribution in [0, 0.1) is 34.5 Å². The quantitative estimate of drug-likeness (QED) is 0.349. The van der Waals surface area contributed by atoms with Gasteiger partial charge in [-0.1, -0.05) is 54.9 Å². The molecular formula is C32H49N. The Balaban J connectivity index is 1.35. The van der Waals surface area contributed by atoms with Crippen LogP contribution in [0.25, 0.3) is 0 Å². The van der Waals surface area contributed by atoms with E-state index in [0.717, 1.165) is 23.7 Å². The molecule has 0 aromatic rings. The van der Waals surface area contributed by atoms with Gasteiger partial charge in [0.05, 0.1) is 0 Å². The normalized spacial score (nSPS) is 37.6. The molecule has 1 N–H and O–H groups in total. The highest BCUT2D eigenvalue weighted by Gasteiger charge is 2.48. The Morgan fingerprint density at radius 2 is 2.00 bits per heavy atom. The summed E-state index contributed by atoms with van der Waals surface area (Å²) in [6.45, 7) is 6.07. The minimum absolute atomic E-state index is 0.389. The zero-order chi connectivity index (χ0) is 22.9. The Morgan fingerprint density at radius 1 is 1.12 bits per heavy atom. The number of hydrogen-bond donors (Lipinski definition) is 1. The van der Waals surface area contributed by atoms with E-state index in [1.165, 1.54) is 96.4 Å². The molecule has 0 heterocycles. The number of rotatable bonds is 9. The Hall–Kier alpha value is -1.08. The van der Waals surface area contributed by atoms with Crippen molar-refractivity contribution in [3.05, 3.63) is 47.1 Å². The number of allylic oxidation sites excluding steroid dienone is 7. The van der Waals surface area contributed by atoms with Crippen LogP contribution in [0.2, 0.25) is 0 Å². The zero-order valence-electron chi connectivity index (χ0n) is 21.8. The van der Waals surface area contributed by atoms with Gasteiger partial charge < -0.3 is 5.32 Å². The van der Waals surface area contributed by atoms with E-state index in [4.69, 9.17) is 0 Å². The fourth-order valence-corrected chi connectivity index (χ4v) is 8.30. The fourth-order valence-electron chi connectivity index (χ4n) is 8.30. The molecule has 0 bridgehead atoms. The van der Waals surface area contributed by atoms with Crippen molar-refractivity contribution in [3.63, 3.8) is 0 Å². The molecule has 33 heavy (non-hydrogen) atoms. The van der Waals surface area contributed by atoms with E-state index in [2.05, 4.69) is 56.6 Å². The second-order valence-electron chi connectivity index (χ2n) is 12.8. The molecule has 5 unspecified atom stereocenters. The minimum atomic E-state index is 0.389. The molecule has 5 aliphatic carbocycles. The lowest BCUT2D eigenvalue weighted by molar-refractivity contribution is 0.0316. The summed E-state index contributed by atoms with van der Waals surface area (Å²) in [6.07, 6.45) is 32.3. The molecule has 0 aromatic heterocycles. The van der Waals surface area contributed by atoms with E-state index in [9.17, 15) is 0 Å². The van der Waals surface area contributed by atoms with Crippen LogP contribution in [0.3, 0.4) is 0 Å². The summed E-state index contributed by atoms with van der Waals surface area (Å²) in [4.78, 5) is 0. The Bertz CT molecular complexity index is 823. The lowest BCUT2D eigenvalue weighted by Gasteiger charge is -2.52. The molecule has 0 radical (unpaired) electrons. The molecule has 5 aliphatic rings. The number of nitrogens with one attached hydrogen (secondary N) is 1. The molecule has 5 atom stereocenters. The van der Waals surface area contributed by atoms with Gasteiger partial charge in [0.1, 0.15) is 0 Å². The summed E-state index contributed by atoms with van der Waals surface area (Å²) in [6, 6.07) is 0. The van der Waals surface area contributed by atoms with Gasteiger partial charge >= 0.3 is 0 Å². The molecule has 0 saturated heterocycles. The first-order valence-corrected chi connectivity index (χ1v) is 14.4. The SMILES string of the molecule is CNCC1(CC2(CC3CCC3C(C)/C=C/C3CCC3)CC=C(C)CC2)CCCC2=C1CC=C2. The van der Waals surface area contributed by atoms with E-state index < -0.39 is 0 Å². The van der Waals surface area contributed by atoms with Gasteiger partial charge in [-0.3, -0.25) is 0 Å². The van der Waals surface area contributed by atoms with Crippen molar-refractivity contribution in [1.29, 1.82) is 0 Å². The van der Waals surface area contributed by atoms with Gasteiger partial charge in [0, 0.05) is 12.0 Å². The van der Waals surface area contributed by atoms with Gasteiger partial charge in [-0.15, -0.1) is 0 Å². The van der Waals surface area contributed by atoms with Crippen LogP contribution >= 0.6 is 0 Å². The van der Waals surface area contributed by atoms with E-state index >= 15 is 0 Å². The van der Waals surface area contributed by atoms with Gasteiger partial charge in [0.15, 0.2) is 0 Å². The highest BCUT2D eigenvalue weighted by Crippen LogP contribution is 2.58. The molecule has 0 amide bonds. The second-order valence-corrected chi connectivity index (χ2v) is 12.8. The van der Waals surface area contributed by atoms with Gasteiger partial charge in [-0.25, -0.2) is 0 Å². The van der Waals surface area contributed by atoms with Crippen LogP contribution in [0.15, 0.2) is 47.1 Å². The van der Waals surface area contributed by atoms with Crippen molar-refractivity contribution < 1.29 is 0 Å². The van der Waals surface area contributed by atoms with Crippen molar-refractivity contribution in [2.45, 2.75) is 104 Å². The third kappa shape index (κ3) is 4.86. The molecule has 0 spiro atoms. The van der Waals surface area contributed by atoms with Gasteiger partial charge in [0.2, 0.25) is 0 Å². The summed E-state index contributed by atoms with van der Waals surface area (Å²) < 4.78 is 0. The highest BCUT2D eigenvalue weighted by atomic mass is 14.8. The van der Waals surface area contributed by atoms with Gasteiger partial charge in [-0.2, -0.15) is 0 Å².